The minimum absolute atomic E-state index is 0.0354. The Labute approximate surface area is 218 Å². The quantitative estimate of drug-likeness (QED) is 0.184. The second kappa shape index (κ2) is 6.48. The van der Waals surface area contributed by atoms with E-state index in [9.17, 15) is 0 Å². The standard InChI is InChI=1S/C34H17BO3/c1-4-18-10-12-20-14-22(15-21-13-11-19(5-1)30(18)31(20)21)23-16-28-34-29(17-23)38-27-9-3-7-25-33(27)35(34)32-24(36-25)6-2-8-26(32)37-28/h1-17H. The van der Waals surface area contributed by atoms with Gasteiger partial charge in [0, 0.05) is 16.4 Å². The van der Waals surface area contributed by atoms with Crippen LogP contribution in [0.4, 0.5) is 0 Å². The molecule has 0 bridgehead atoms. The molecule has 174 valence electrons. The van der Waals surface area contributed by atoms with Gasteiger partial charge in [0.15, 0.2) is 0 Å². The van der Waals surface area contributed by atoms with E-state index in [0.29, 0.717) is 0 Å². The lowest BCUT2D eigenvalue weighted by Crippen LogP contribution is -2.59. The molecule has 0 radical (unpaired) electrons. The Bertz CT molecular complexity index is 2040. The van der Waals surface area contributed by atoms with Crippen LogP contribution in [-0.2, 0) is 0 Å². The summed E-state index contributed by atoms with van der Waals surface area (Å²) in [5.74, 6) is 5.10. The summed E-state index contributed by atoms with van der Waals surface area (Å²) in [5.41, 5.74) is 5.47. The summed E-state index contributed by atoms with van der Waals surface area (Å²) in [4.78, 5) is 0. The third-order valence-corrected chi connectivity index (χ3v) is 8.48. The third-order valence-electron chi connectivity index (χ3n) is 8.48. The molecule has 0 amide bonds. The first-order chi connectivity index (χ1) is 18.8. The number of rotatable bonds is 1. The van der Waals surface area contributed by atoms with Crippen LogP contribution < -0.4 is 30.6 Å². The van der Waals surface area contributed by atoms with Gasteiger partial charge in [0.1, 0.15) is 34.5 Å². The highest BCUT2D eigenvalue weighted by molar-refractivity contribution is 6.99. The number of ether oxygens (including phenoxy) is 3. The summed E-state index contributed by atoms with van der Waals surface area (Å²) in [6.45, 7) is 0.0354. The Hall–Kier alpha value is -4.96. The molecular weight excluding hydrogens is 467 g/mol. The molecule has 0 fully saturated rings. The number of hydrogen-bond acceptors (Lipinski definition) is 3. The Morgan fingerprint density at radius 3 is 1.32 bits per heavy atom. The van der Waals surface area contributed by atoms with Gasteiger partial charge in [-0.05, 0) is 92.0 Å². The van der Waals surface area contributed by atoms with Gasteiger partial charge in [-0.3, -0.25) is 0 Å². The van der Waals surface area contributed by atoms with Crippen molar-refractivity contribution in [2.75, 3.05) is 0 Å². The molecule has 7 aromatic carbocycles. The fraction of sp³-hybridized carbons (Fsp3) is 0. The summed E-state index contributed by atoms with van der Waals surface area (Å²) in [7, 11) is 0. The van der Waals surface area contributed by atoms with E-state index >= 15 is 0 Å². The molecule has 4 heteroatoms. The second-order valence-electron chi connectivity index (χ2n) is 10.5. The SMILES string of the molecule is c1cc2c3c(c1)Oc1cc(-c4cc5ccc6cccc7ccc(c4)c5c67)cc4c1B3c1c(cccc1O4)O2. The maximum Gasteiger partial charge on any atom is 0.270 e. The van der Waals surface area contributed by atoms with Gasteiger partial charge in [0.25, 0.3) is 6.71 Å². The van der Waals surface area contributed by atoms with Crippen LogP contribution in [0.25, 0.3) is 43.4 Å². The van der Waals surface area contributed by atoms with E-state index in [2.05, 4.69) is 66.7 Å². The van der Waals surface area contributed by atoms with Crippen LogP contribution in [-0.4, -0.2) is 6.71 Å². The second-order valence-corrected chi connectivity index (χ2v) is 10.5. The Morgan fingerprint density at radius 1 is 0.368 bits per heavy atom. The van der Waals surface area contributed by atoms with Crippen LogP contribution in [0, 0.1) is 0 Å². The normalized spacial score (nSPS) is 13.8. The first kappa shape index (κ1) is 19.2. The van der Waals surface area contributed by atoms with Crippen molar-refractivity contribution in [1.29, 1.82) is 0 Å². The molecule has 0 unspecified atom stereocenters. The van der Waals surface area contributed by atoms with Gasteiger partial charge < -0.3 is 14.2 Å². The summed E-state index contributed by atoms with van der Waals surface area (Å²) < 4.78 is 19.4. The maximum absolute atomic E-state index is 6.55. The van der Waals surface area contributed by atoms with Crippen molar-refractivity contribution in [3.63, 3.8) is 0 Å². The molecule has 0 aromatic heterocycles. The first-order valence-electron chi connectivity index (χ1n) is 13.0. The van der Waals surface area contributed by atoms with Gasteiger partial charge in [-0.2, -0.15) is 0 Å². The van der Waals surface area contributed by atoms with Crippen molar-refractivity contribution in [3.05, 3.63) is 103 Å². The van der Waals surface area contributed by atoms with E-state index in [-0.39, 0.29) is 6.71 Å². The Morgan fingerprint density at radius 2 is 0.763 bits per heavy atom. The molecule has 3 aliphatic heterocycles. The van der Waals surface area contributed by atoms with Crippen molar-refractivity contribution in [3.8, 4) is 45.6 Å². The fourth-order valence-electron chi connectivity index (χ4n) is 6.90. The molecule has 7 aromatic rings. The molecule has 38 heavy (non-hydrogen) atoms. The molecule has 3 aliphatic rings. The molecule has 0 spiro atoms. The third kappa shape index (κ3) is 2.27. The zero-order valence-corrected chi connectivity index (χ0v) is 20.1. The van der Waals surface area contributed by atoms with E-state index in [0.717, 1.165) is 62.0 Å². The molecule has 3 heterocycles. The summed E-state index contributed by atoms with van der Waals surface area (Å²) in [6, 6.07) is 36.5. The zero-order chi connectivity index (χ0) is 24.5. The molecule has 0 N–H and O–H groups in total. The number of hydrogen-bond donors (Lipinski definition) is 0. The average molecular weight is 484 g/mol. The van der Waals surface area contributed by atoms with E-state index in [1.54, 1.807) is 0 Å². The van der Waals surface area contributed by atoms with Gasteiger partial charge in [-0.15, -0.1) is 0 Å². The first-order valence-corrected chi connectivity index (χ1v) is 13.0. The van der Waals surface area contributed by atoms with E-state index in [1.807, 2.05) is 36.4 Å². The van der Waals surface area contributed by atoms with Crippen molar-refractivity contribution >= 4 is 55.4 Å². The topological polar surface area (TPSA) is 27.7 Å². The summed E-state index contributed by atoms with van der Waals surface area (Å²) >= 11 is 0. The smallest absolute Gasteiger partial charge is 0.270 e. The van der Waals surface area contributed by atoms with E-state index in [1.165, 1.54) is 32.3 Å². The van der Waals surface area contributed by atoms with Crippen LogP contribution >= 0.6 is 0 Å². The van der Waals surface area contributed by atoms with Crippen LogP contribution in [0.3, 0.4) is 0 Å². The molecule has 0 aliphatic carbocycles. The van der Waals surface area contributed by atoms with Gasteiger partial charge in [-0.25, -0.2) is 0 Å². The van der Waals surface area contributed by atoms with Crippen LogP contribution in [0.15, 0.2) is 103 Å². The van der Waals surface area contributed by atoms with Gasteiger partial charge in [-0.1, -0.05) is 54.6 Å². The molecule has 0 atom stereocenters. The van der Waals surface area contributed by atoms with E-state index < -0.39 is 0 Å². The van der Waals surface area contributed by atoms with E-state index in [4.69, 9.17) is 14.2 Å². The summed E-state index contributed by atoms with van der Waals surface area (Å²) in [5, 5.41) is 7.69. The van der Waals surface area contributed by atoms with Crippen molar-refractivity contribution in [2.24, 2.45) is 0 Å². The predicted molar refractivity (Wildman–Crippen MR) is 153 cm³/mol. The lowest BCUT2D eigenvalue weighted by molar-refractivity contribution is 0.443. The van der Waals surface area contributed by atoms with Gasteiger partial charge >= 0.3 is 0 Å². The maximum atomic E-state index is 6.55. The van der Waals surface area contributed by atoms with Gasteiger partial charge in [0.05, 0.1) is 0 Å². The number of benzene rings is 7. The highest BCUT2D eigenvalue weighted by Crippen LogP contribution is 2.44. The van der Waals surface area contributed by atoms with Crippen LogP contribution in [0.2, 0.25) is 0 Å². The molecule has 3 nitrogen and oxygen atoms in total. The highest BCUT2D eigenvalue weighted by Gasteiger charge is 2.46. The monoisotopic (exact) mass is 484 g/mol. The molecule has 0 saturated carbocycles. The van der Waals surface area contributed by atoms with Crippen molar-refractivity contribution in [2.45, 2.75) is 0 Å². The van der Waals surface area contributed by atoms with Crippen molar-refractivity contribution < 1.29 is 14.2 Å². The Kier molecular flexibility index (Phi) is 3.27. The van der Waals surface area contributed by atoms with Crippen LogP contribution in [0.1, 0.15) is 0 Å². The minimum atomic E-state index is 0.0354. The zero-order valence-electron chi connectivity index (χ0n) is 20.1. The molecular formula is C34H17BO3. The lowest BCUT2D eigenvalue weighted by atomic mass is 9.34. The van der Waals surface area contributed by atoms with Gasteiger partial charge in [0.2, 0.25) is 0 Å². The predicted octanol–water partition coefficient (Wildman–Crippen LogP) is 7.08. The lowest BCUT2D eigenvalue weighted by Gasteiger charge is -2.37. The molecule has 10 rings (SSSR count). The average Bonchev–Trinajstić information content (AvgIpc) is 2.95. The largest absolute Gasteiger partial charge is 0.458 e. The molecule has 0 saturated heterocycles. The van der Waals surface area contributed by atoms with Crippen molar-refractivity contribution in [1.82, 2.24) is 0 Å². The highest BCUT2D eigenvalue weighted by atomic mass is 16.5. The van der Waals surface area contributed by atoms with Crippen LogP contribution in [0.5, 0.6) is 34.5 Å². The Balaban J connectivity index is 1.23. The summed E-state index contributed by atoms with van der Waals surface area (Å²) in [6.07, 6.45) is 0. The fourth-order valence-corrected chi connectivity index (χ4v) is 6.90. The minimum Gasteiger partial charge on any atom is -0.458 e.